The first-order chi connectivity index (χ1) is 12.0. The summed E-state index contributed by atoms with van der Waals surface area (Å²) in [4.78, 5) is 24.4. The summed E-state index contributed by atoms with van der Waals surface area (Å²) in [6.07, 6.45) is 0.0425. The zero-order chi connectivity index (χ0) is 18.2. The number of nitrogens with one attached hydrogen (secondary N) is 1. The molecule has 0 bridgehead atoms. The van der Waals surface area contributed by atoms with E-state index in [2.05, 4.69) is 5.32 Å². The average Bonchev–Trinajstić information content (AvgIpc) is 2.61. The second-order valence-corrected chi connectivity index (χ2v) is 5.34. The Hall–Kier alpha value is -3.20. The molecule has 0 saturated carbocycles. The smallest absolute Gasteiger partial charge is 0.249 e. The van der Waals surface area contributed by atoms with Crippen molar-refractivity contribution in [1.82, 2.24) is 0 Å². The number of nitriles is 1. The van der Waals surface area contributed by atoms with Gasteiger partial charge in [0, 0.05) is 18.2 Å². The summed E-state index contributed by atoms with van der Waals surface area (Å²) in [5.74, 6) is -2.58. The van der Waals surface area contributed by atoms with E-state index in [4.69, 9.17) is 10.00 Å². The number of benzene rings is 2. The Morgan fingerprint density at radius 2 is 2.00 bits per heavy atom. The van der Waals surface area contributed by atoms with Gasteiger partial charge in [-0.25, -0.2) is 4.39 Å². The third kappa shape index (κ3) is 4.88. The predicted molar refractivity (Wildman–Crippen MR) is 90.5 cm³/mol. The highest BCUT2D eigenvalue weighted by molar-refractivity contribution is 6.09. The monoisotopic (exact) mass is 340 g/mol. The van der Waals surface area contributed by atoms with Crippen LogP contribution in [0, 0.1) is 23.1 Å². The number of rotatable bonds is 7. The Morgan fingerprint density at radius 1 is 1.24 bits per heavy atom. The number of methoxy groups -OCH3 is 1. The van der Waals surface area contributed by atoms with E-state index in [9.17, 15) is 14.0 Å². The largest absolute Gasteiger partial charge is 0.497 e. The first kappa shape index (κ1) is 18.1. The van der Waals surface area contributed by atoms with Crippen LogP contribution >= 0.6 is 0 Å². The summed E-state index contributed by atoms with van der Waals surface area (Å²) in [5, 5.41) is 11.7. The Balaban J connectivity index is 2.00. The Bertz CT molecular complexity index is 814. The minimum Gasteiger partial charge on any atom is -0.497 e. The molecule has 0 aliphatic rings. The van der Waals surface area contributed by atoms with E-state index >= 15 is 0 Å². The number of ether oxygens (including phenoxy) is 1. The van der Waals surface area contributed by atoms with Crippen molar-refractivity contribution in [1.29, 1.82) is 5.26 Å². The van der Waals surface area contributed by atoms with Crippen LogP contribution in [0.4, 0.5) is 10.1 Å². The van der Waals surface area contributed by atoms with E-state index in [1.54, 1.807) is 48.5 Å². The van der Waals surface area contributed by atoms with E-state index in [0.717, 1.165) is 0 Å². The van der Waals surface area contributed by atoms with E-state index in [1.165, 1.54) is 13.2 Å². The molecule has 2 aromatic rings. The fourth-order valence-electron chi connectivity index (χ4n) is 2.30. The molecular formula is C19H17FN2O3. The van der Waals surface area contributed by atoms with Gasteiger partial charge < -0.3 is 10.1 Å². The van der Waals surface area contributed by atoms with Crippen LogP contribution < -0.4 is 10.1 Å². The molecule has 0 aromatic heterocycles. The number of aryl methyl sites for hydroxylation is 1. The van der Waals surface area contributed by atoms with Gasteiger partial charge in [-0.3, -0.25) is 9.59 Å². The Kier molecular flexibility index (Phi) is 6.24. The highest BCUT2D eigenvalue weighted by Gasteiger charge is 2.26. The maximum absolute atomic E-state index is 13.6. The standard InChI is InChI=1S/C19H17FN2O3/c1-25-15-7-4-6-14(11-15)22-19(24)16(12-21)18(23)10-9-13-5-2-3-8-17(13)20/h2-8,11,16H,9-10H2,1H3,(H,22,24). The summed E-state index contributed by atoms with van der Waals surface area (Å²) >= 11 is 0. The number of carbonyl (C=O) groups excluding carboxylic acids is 2. The second kappa shape index (κ2) is 8.60. The molecule has 1 N–H and O–H groups in total. The third-order valence-electron chi connectivity index (χ3n) is 3.65. The number of halogens is 1. The van der Waals surface area contributed by atoms with E-state index in [1.807, 2.05) is 0 Å². The van der Waals surface area contributed by atoms with E-state index < -0.39 is 23.4 Å². The van der Waals surface area contributed by atoms with Crippen molar-refractivity contribution in [2.75, 3.05) is 12.4 Å². The molecule has 1 unspecified atom stereocenters. The summed E-state index contributed by atoms with van der Waals surface area (Å²) in [6, 6.07) is 14.4. The second-order valence-electron chi connectivity index (χ2n) is 5.34. The molecule has 5 nitrogen and oxygen atoms in total. The zero-order valence-corrected chi connectivity index (χ0v) is 13.7. The van der Waals surface area contributed by atoms with Crippen molar-refractivity contribution in [2.45, 2.75) is 12.8 Å². The highest BCUT2D eigenvalue weighted by Crippen LogP contribution is 2.18. The molecule has 25 heavy (non-hydrogen) atoms. The number of anilines is 1. The minimum absolute atomic E-state index is 0.0926. The van der Waals surface area contributed by atoms with Crippen molar-refractivity contribution in [2.24, 2.45) is 5.92 Å². The van der Waals surface area contributed by atoms with Crippen molar-refractivity contribution in [3.8, 4) is 11.8 Å². The van der Waals surface area contributed by atoms with Crippen molar-refractivity contribution >= 4 is 17.4 Å². The molecule has 0 saturated heterocycles. The lowest BCUT2D eigenvalue weighted by Gasteiger charge is -2.10. The maximum atomic E-state index is 13.6. The number of Topliss-reactive ketones (excluding diaryl/α,β-unsaturated/α-hetero) is 1. The van der Waals surface area contributed by atoms with Crippen LogP contribution in [0.3, 0.4) is 0 Å². The fraction of sp³-hybridized carbons (Fsp3) is 0.211. The van der Waals surface area contributed by atoms with Gasteiger partial charge in [-0.15, -0.1) is 0 Å². The molecule has 128 valence electrons. The SMILES string of the molecule is COc1cccc(NC(=O)C(C#N)C(=O)CCc2ccccc2F)c1. The van der Waals surface area contributed by atoms with Crippen LogP contribution in [0.1, 0.15) is 12.0 Å². The molecule has 0 fully saturated rings. The summed E-state index contributed by atoms with van der Waals surface area (Å²) in [6.45, 7) is 0. The van der Waals surface area contributed by atoms with Gasteiger partial charge in [0.05, 0.1) is 13.2 Å². The first-order valence-corrected chi connectivity index (χ1v) is 7.66. The van der Waals surface area contributed by atoms with Gasteiger partial charge >= 0.3 is 0 Å². The van der Waals surface area contributed by atoms with Gasteiger partial charge in [0.1, 0.15) is 11.6 Å². The molecule has 0 heterocycles. The van der Waals surface area contributed by atoms with Crippen molar-refractivity contribution in [3.05, 3.63) is 59.9 Å². The molecule has 0 aliphatic heterocycles. The Labute approximate surface area is 145 Å². The number of nitrogens with zero attached hydrogens (tertiary/aromatic N) is 1. The van der Waals surface area contributed by atoms with Gasteiger partial charge in [-0.05, 0) is 30.2 Å². The average molecular weight is 340 g/mol. The van der Waals surface area contributed by atoms with Gasteiger partial charge in [-0.2, -0.15) is 5.26 Å². The molecule has 1 amide bonds. The zero-order valence-electron chi connectivity index (χ0n) is 13.7. The van der Waals surface area contributed by atoms with E-state index in [0.29, 0.717) is 17.0 Å². The van der Waals surface area contributed by atoms with Gasteiger partial charge in [0.25, 0.3) is 0 Å². The lowest BCUT2D eigenvalue weighted by molar-refractivity contribution is -0.128. The number of ketones is 1. The van der Waals surface area contributed by atoms with Crippen molar-refractivity contribution in [3.63, 3.8) is 0 Å². The predicted octanol–water partition coefficient (Wildman–Crippen LogP) is 3.11. The fourth-order valence-corrected chi connectivity index (χ4v) is 2.30. The molecule has 2 aromatic carbocycles. The van der Waals surface area contributed by atoms with Gasteiger partial charge in [0.15, 0.2) is 11.7 Å². The molecule has 2 rings (SSSR count). The van der Waals surface area contributed by atoms with Crippen LogP contribution in [0.2, 0.25) is 0 Å². The lowest BCUT2D eigenvalue weighted by Crippen LogP contribution is -2.28. The van der Waals surface area contributed by atoms with Crippen LogP contribution in [0.25, 0.3) is 0 Å². The molecule has 6 heteroatoms. The van der Waals surface area contributed by atoms with Crippen LogP contribution in [-0.4, -0.2) is 18.8 Å². The van der Waals surface area contributed by atoms with Crippen LogP contribution in [0.5, 0.6) is 5.75 Å². The normalized spacial score (nSPS) is 11.2. The number of hydrogen-bond donors (Lipinski definition) is 1. The summed E-state index contributed by atoms with van der Waals surface area (Å²) in [7, 11) is 1.49. The Morgan fingerprint density at radius 3 is 2.68 bits per heavy atom. The van der Waals surface area contributed by atoms with Crippen LogP contribution in [-0.2, 0) is 16.0 Å². The quantitative estimate of drug-likeness (QED) is 0.786. The number of amides is 1. The highest BCUT2D eigenvalue weighted by atomic mass is 19.1. The topological polar surface area (TPSA) is 79.2 Å². The van der Waals surface area contributed by atoms with Gasteiger partial charge in [0.2, 0.25) is 5.91 Å². The minimum atomic E-state index is -1.45. The van der Waals surface area contributed by atoms with Gasteiger partial charge in [-0.1, -0.05) is 24.3 Å². The molecular weight excluding hydrogens is 323 g/mol. The molecule has 0 aliphatic carbocycles. The maximum Gasteiger partial charge on any atom is 0.249 e. The van der Waals surface area contributed by atoms with E-state index in [-0.39, 0.29) is 12.8 Å². The molecule has 0 radical (unpaired) electrons. The molecule has 0 spiro atoms. The first-order valence-electron chi connectivity index (χ1n) is 7.66. The lowest BCUT2D eigenvalue weighted by atomic mass is 9.98. The number of hydrogen-bond acceptors (Lipinski definition) is 4. The number of carbonyl (C=O) groups is 2. The third-order valence-corrected chi connectivity index (χ3v) is 3.65. The van der Waals surface area contributed by atoms with Crippen molar-refractivity contribution < 1.29 is 18.7 Å². The van der Waals surface area contributed by atoms with Crippen LogP contribution in [0.15, 0.2) is 48.5 Å². The summed E-state index contributed by atoms with van der Waals surface area (Å²) < 4.78 is 18.6. The molecule has 1 atom stereocenters. The summed E-state index contributed by atoms with van der Waals surface area (Å²) in [5.41, 5.74) is 0.798.